The Labute approximate surface area is 204 Å². The molecule has 2 aromatic carbocycles. The lowest BCUT2D eigenvalue weighted by Crippen LogP contribution is -2.39. The molecule has 0 spiro atoms. The highest BCUT2D eigenvalue weighted by molar-refractivity contribution is 5.95. The van der Waals surface area contributed by atoms with Crippen LogP contribution in [0.1, 0.15) is 74.2 Å². The molecule has 9 nitrogen and oxygen atoms in total. The van der Waals surface area contributed by atoms with Gasteiger partial charge in [-0.2, -0.15) is 4.98 Å². The third-order valence-corrected chi connectivity index (χ3v) is 6.65. The standard InChI is InChI=1S/C26H31N5O4/c1-4-15(5-2)21-22(24(33)23(21)32)30-20-12-13-27-26(31-20)29-18-11-10-16(14-19(18)35-3)25(34)28-17-8-6-7-9-17/h10-15,17H,4-9H2,1-3H3,(H,28,34)(H2,27,29,30,31). The van der Waals surface area contributed by atoms with Gasteiger partial charge in [0, 0.05) is 23.4 Å². The van der Waals surface area contributed by atoms with Crippen molar-refractivity contribution >= 4 is 29.0 Å². The van der Waals surface area contributed by atoms with Gasteiger partial charge in [-0.25, -0.2) is 4.98 Å². The van der Waals surface area contributed by atoms with Gasteiger partial charge in [0.05, 0.1) is 18.5 Å². The van der Waals surface area contributed by atoms with Crippen LogP contribution < -0.4 is 31.5 Å². The molecule has 1 heterocycles. The molecule has 0 radical (unpaired) electrons. The average molecular weight is 478 g/mol. The first-order chi connectivity index (χ1) is 16.9. The van der Waals surface area contributed by atoms with E-state index in [1.54, 1.807) is 30.5 Å². The number of methoxy groups -OCH3 is 1. The topological polar surface area (TPSA) is 122 Å². The second kappa shape index (κ2) is 10.7. The van der Waals surface area contributed by atoms with Crippen molar-refractivity contribution < 1.29 is 9.53 Å². The number of amides is 1. The van der Waals surface area contributed by atoms with Gasteiger partial charge < -0.3 is 20.7 Å². The number of nitrogens with one attached hydrogen (secondary N) is 3. The first-order valence-corrected chi connectivity index (χ1v) is 12.1. The van der Waals surface area contributed by atoms with Gasteiger partial charge in [-0.1, -0.05) is 26.7 Å². The number of carbonyl (C=O) groups excluding carboxylic acids is 1. The SMILES string of the molecule is CCC(CC)c1c(Nc2ccnc(Nc3ccc(C(=O)NC4CCCC4)cc3OC)n2)c(=O)c1=O. The van der Waals surface area contributed by atoms with Crippen LogP contribution in [0, 0.1) is 0 Å². The molecule has 1 amide bonds. The Balaban J connectivity index is 1.50. The van der Waals surface area contributed by atoms with Crippen LogP contribution in [-0.2, 0) is 0 Å². The molecule has 1 aromatic heterocycles. The number of aromatic nitrogens is 2. The van der Waals surface area contributed by atoms with Gasteiger partial charge in [0.1, 0.15) is 11.6 Å². The predicted molar refractivity (Wildman–Crippen MR) is 136 cm³/mol. The highest BCUT2D eigenvalue weighted by Crippen LogP contribution is 2.30. The van der Waals surface area contributed by atoms with Crippen LogP contribution in [0.15, 0.2) is 40.1 Å². The van der Waals surface area contributed by atoms with Crippen molar-refractivity contribution in [1.82, 2.24) is 15.3 Å². The monoisotopic (exact) mass is 477 g/mol. The molecular weight excluding hydrogens is 446 g/mol. The van der Waals surface area contributed by atoms with Crippen molar-refractivity contribution in [1.29, 1.82) is 0 Å². The fraction of sp³-hybridized carbons (Fsp3) is 0.423. The zero-order valence-corrected chi connectivity index (χ0v) is 20.3. The van der Waals surface area contributed by atoms with E-state index in [9.17, 15) is 14.4 Å². The molecule has 3 N–H and O–H groups in total. The molecule has 0 atom stereocenters. The molecule has 1 saturated carbocycles. The molecule has 35 heavy (non-hydrogen) atoms. The van der Waals surface area contributed by atoms with E-state index in [-0.39, 0.29) is 23.8 Å². The summed E-state index contributed by atoms with van der Waals surface area (Å²) < 4.78 is 5.49. The molecule has 9 heteroatoms. The van der Waals surface area contributed by atoms with Crippen molar-refractivity contribution in [2.45, 2.75) is 64.3 Å². The summed E-state index contributed by atoms with van der Waals surface area (Å²) in [6, 6.07) is 7.01. The van der Waals surface area contributed by atoms with Crippen molar-refractivity contribution in [2.75, 3.05) is 17.7 Å². The number of carbonyl (C=O) groups is 1. The van der Waals surface area contributed by atoms with Gasteiger partial charge in [0.2, 0.25) is 16.8 Å². The van der Waals surface area contributed by atoms with Gasteiger partial charge in [-0.05, 0) is 55.9 Å². The Morgan fingerprint density at radius 3 is 2.51 bits per heavy atom. The molecule has 1 fully saturated rings. The van der Waals surface area contributed by atoms with E-state index in [1.165, 1.54) is 7.11 Å². The molecule has 0 saturated heterocycles. The lowest BCUT2D eigenvalue weighted by atomic mass is 9.89. The zero-order valence-electron chi connectivity index (χ0n) is 20.3. The highest BCUT2D eigenvalue weighted by Gasteiger charge is 2.26. The maximum atomic E-state index is 12.6. The number of hydrogen-bond donors (Lipinski definition) is 3. The Hall–Kier alpha value is -3.75. The quantitative estimate of drug-likeness (QED) is 0.372. The average Bonchev–Trinajstić information content (AvgIpc) is 3.39. The molecule has 0 bridgehead atoms. The van der Waals surface area contributed by atoms with Gasteiger partial charge in [-0.15, -0.1) is 0 Å². The molecule has 4 rings (SSSR count). The van der Waals surface area contributed by atoms with Crippen LogP contribution in [-0.4, -0.2) is 29.0 Å². The molecule has 1 aliphatic rings. The fourth-order valence-electron chi connectivity index (χ4n) is 4.63. The number of ether oxygens (including phenoxy) is 1. The first-order valence-electron chi connectivity index (χ1n) is 12.1. The van der Waals surface area contributed by atoms with Crippen LogP contribution in [0.2, 0.25) is 0 Å². The normalized spacial score (nSPS) is 13.8. The number of rotatable bonds is 10. The maximum absolute atomic E-state index is 12.6. The van der Waals surface area contributed by atoms with Crippen molar-refractivity contribution in [3.63, 3.8) is 0 Å². The maximum Gasteiger partial charge on any atom is 0.251 e. The highest BCUT2D eigenvalue weighted by atomic mass is 16.5. The summed E-state index contributed by atoms with van der Waals surface area (Å²) in [5.41, 5.74) is 1.02. The second-order valence-corrected chi connectivity index (χ2v) is 8.85. The smallest absolute Gasteiger partial charge is 0.251 e. The van der Waals surface area contributed by atoms with E-state index in [4.69, 9.17) is 4.74 Å². The Morgan fingerprint density at radius 1 is 1.09 bits per heavy atom. The van der Waals surface area contributed by atoms with Crippen molar-refractivity contribution in [3.8, 4) is 5.75 Å². The number of benzene rings is 1. The van der Waals surface area contributed by atoms with Crippen LogP contribution in [0.3, 0.4) is 0 Å². The van der Waals surface area contributed by atoms with Gasteiger partial charge in [0.25, 0.3) is 5.91 Å². The lowest BCUT2D eigenvalue weighted by Gasteiger charge is -2.19. The van der Waals surface area contributed by atoms with Gasteiger partial charge in [0.15, 0.2) is 0 Å². The Morgan fingerprint density at radius 2 is 1.83 bits per heavy atom. The first kappa shape index (κ1) is 24.4. The Bertz CT molecular complexity index is 1270. The van der Waals surface area contributed by atoms with Crippen LogP contribution in [0.25, 0.3) is 0 Å². The number of anilines is 4. The minimum atomic E-state index is -0.520. The minimum Gasteiger partial charge on any atom is -0.495 e. The molecule has 0 unspecified atom stereocenters. The summed E-state index contributed by atoms with van der Waals surface area (Å²) in [5, 5.41) is 9.18. The van der Waals surface area contributed by atoms with Crippen LogP contribution in [0.5, 0.6) is 5.75 Å². The van der Waals surface area contributed by atoms with E-state index in [1.807, 2.05) is 13.8 Å². The third-order valence-electron chi connectivity index (χ3n) is 6.65. The molecule has 1 aliphatic carbocycles. The Kier molecular flexibility index (Phi) is 7.43. The van der Waals surface area contributed by atoms with E-state index in [0.29, 0.717) is 34.1 Å². The zero-order chi connectivity index (χ0) is 24.9. The van der Waals surface area contributed by atoms with E-state index in [2.05, 4.69) is 25.9 Å². The summed E-state index contributed by atoms with van der Waals surface area (Å²) in [6.45, 7) is 4.00. The number of nitrogens with zero attached hydrogens (tertiary/aromatic N) is 2. The van der Waals surface area contributed by atoms with Crippen LogP contribution in [0.4, 0.5) is 23.1 Å². The van der Waals surface area contributed by atoms with E-state index >= 15 is 0 Å². The van der Waals surface area contributed by atoms with E-state index in [0.717, 1.165) is 38.5 Å². The summed E-state index contributed by atoms with van der Waals surface area (Å²) >= 11 is 0. The van der Waals surface area contributed by atoms with Gasteiger partial charge in [-0.3, -0.25) is 14.4 Å². The predicted octanol–water partition coefficient (Wildman–Crippen LogP) is 4.14. The van der Waals surface area contributed by atoms with E-state index < -0.39 is 10.9 Å². The summed E-state index contributed by atoms with van der Waals surface area (Å²) in [4.78, 5) is 45.6. The lowest BCUT2D eigenvalue weighted by molar-refractivity contribution is 0.0937. The largest absolute Gasteiger partial charge is 0.495 e. The van der Waals surface area contributed by atoms with Crippen molar-refractivity contribution in [2.24, 2.45) is 0 Å². The summed E-state index contributed by atoms with van der Waals surface area (Å²) in [6.07, 6.45) is 7.43. The second-order valence-electron chi connectivity index (χ2n) is 8.85. The minimum absolute atomic E-state index is 0.0378. The molecule has 0 aliphatic heterocycles. The molecular formula is C26H31N5O4. The van der Waals surface area contributed by atoms with Crippen LogP contribution >= 0.6 is 0 Å². The van der Waals surface area contributed by atoms with Gasteiger partial charge >= 0.3 is 0 Å². The van der Waals surface area contributed by atoms with Crippen molar-refractivity contribution in [3.05, 3.63) is 62.0 Å². The third kappa shape index (κ3) is 5.18. The molecule has 3 aromatic rings. The fourth-order valence-corrected chi connectivity index (χ4v) is 4.63. The summed E-state index contributed by atoms with van der Waals surface area (Å²) in [7, 11) is 1.53. The number of hydrogen-bond acceptors (Lipinski definition) is 8. The summed E-state index contributed by atoms with van der Waals surface area (Å²) in [5.74, 6) is 1.07. The molecule has 184 valence electrons.